The molecule has 0 unspecified atom stereocenters. The maximum atomic E-state index is 10.3. The summed E-state index contributed by atoms with van der Waals surface area (Å²) >= 11 is 0. The van der Waals surface area contributed by atoms with Crippen molar-refractivity contribution in [2.24, 2.45) is 4.66 Å². The maximum Gasteiger partial charge on any atom is 2.00 e. The van der Waals surface area contributed by atoms with Crippen LogP contribution in [0.15, 0.2) is 4.66 Å². The first-order valence-electron chi connectivity index (χ1n) is 10.2. The number of hydrogen-bond acceptors (Lipinski definition) is 3. The standard InChI is InChI=1S/C16H38N2PSi2.C5H9O2.Ni/c1-15(2,3)19(16(4,5)6)13-14(17-20(7,8)9)18-21(10,11)12;1-4(2)5(6)7-3;/h13H2,1-12H3;1-3H3;/q2*-1;+2/p+1. The van der Waals surface area contributed by atoms with Crippen molar-refractivity contribution >= 4 is 36.2 Å². The van der Waals surface area contributed by atoms with Crippen molar-refractivity contribution < 1.29 is 26.0 Å². The van der Waals surface area contributed by atoms with E-state index in [9.17, 15) is 4.79 Å². The molecule has 0 saturated heterocycles. The van der Waals surface area contributed by atoms with Gasteiger partial charge in [0.25, 0.3) is 0 Å². The Morgan fingerprint density at radius 1 is 0.966 bits per heavy atom. The van der Waals surface area contributed by atoms with E-state index < -0.39 is 24.4 Å². The third-order valence-electron chi connectivity index (χ3n) is 3.67. The van der Waals surface area contributed by atoms with Crippen LogP contribution in [0.25, 0.3) is 4.98 Å². The van der Waals surface area contributed by atoms with Gasteiger partial charge in [0.2, 0.25) is 0 Å². The summed E-state index contributed by atoms with van der Waals surface area (Å²) in [5, 5.41) is 0.746. The number of rotatable bonds is 5. The quantitative estimate of drug-likeness (QED) is 0.101. The molecule has 0 saturated carbocycles. The Bertz CT molecular complexity index is 501. The van der Waals surface area contributed by atoms with Gasteiger partial charge in [0.05, 0.1) is 23.6 Å². The summed E-state index contributed by atoms with van der Waals surface area (Å²) < 4.78 is 9.45. The van der Waals surface area contributed by atoms with Crippen molar-refractivity contribution in [2.45, 2.75) is 105 Å². The molecule has 0 aliphatic rings. The summed E-state index contributed by atoms with van der Waals surface area (Å²) in [4.78, 5) is 15.4. The smallest absolute Gasteiger partial charge is 0.491 e. The second-order valence-corrected chi connectivity index (χ2v) is 25.1. The molecule has 0 radical (unpaired) electrons. The Hall–Kier alpha value is 0.167. The number of hydrogen-bond donors (Lipinski definition) is 0. The molecular weight excluding hydrogens is 458 g/mol. The number of esters is 1. The van der Waals surface area contributed by atoms with E-state index in [1.165, 1.54) is 12.9 Å². The van der Waals surface area contributed by atoms with Crippen molar-refractivity contribution in [3.63, 3.8) is 0 Å². The minimum Gasteiger partial charge on any atom is -0.491 e. The van der Waals surface area contributed by atoms with Gasteiger partial charge in [-0.15, -0.1) is 0 Å². The fourth-order valence-corrected chi connectivity index (χ4v) is 8.90. The molecule has 0 atom stereocenters. The monoisotopic (exact) mass is 505 g/mol. The number of carbonyl (C=O) groups is 1. The van der Waals surface area contributed by atoms with Gasteiger partial charge in [0, 0.05) is 24.4 Å². The van der Waals surface area contributed by atoms with E-state index in [0.29, 0.717) is 16.2 Å². The van der Waals surface area contributed by atoms with Crippen LogP contribution in [0.4, 0.5) is 0 Å². The molecule has 0 aromatic heterocycles. The molecule has 0 heterocycles. The Balaban J connectivity index is -0.000000721. The van der Waals surface area contributed by atoms with Gasteiger partial charge in [-0.1, -0.05) is 45.1 Å². The van der Waals surface area contributed by atoms with Gasteiger partial charge in [-0.2, -0.15) is 13.8 Å². The van der Waals surface area contributed by atoms with E-state index in [1.54, 1.807) is 13.8 Å². The number of amidine groups is 1. The van der Waals surface area contributed by atoms with Crippen molar-refractivity contribution in [1.29, 1.82) is 0 Å². The van der Waals surface area contributed by atoms with Gasteiger partial charge in [-0.25, -0.2) is 0 Å². The van der Waals surface area contributed by atoms with Crippen LogP contribution in [0.2, 0.25) is 39.3 Å². The third-order valence-corrected chi connectivity index (χ3v) is 9.82. The molecule has 0 bridgehead atoms. The second kappa shape index (κ2) is 12.9. The van der Waals surface area contributed by atoms with Crippen LogP contribution >= 0.6 is 7.92 Å². The molecule has 4 nitrogen and oxygen atoms in total. The van der Waals surface area contributed by atoms with Crippen molar-refractivity contribution in [2.75, 3.05) is 13.3 Å². The predicted molar refractivity (Wildman–Crippen MR) is 137 cm³/mol. The Labute approximate surface area is 195 Å². The number of nitrogens with zero attached hydrogens (tertiary/aromatic N) is 2. The number of ether oxygens (including phenoxy) is 1. The SMILES string of the molecule is CC(C)(C)[PH+](C/C(=N/[Si](C)(C)C)[N-][Si](C)(C)C)C(C)(C)C.COC(=O)[C-](C)C.[Ni+2]. The zero-order valence-electron chi connectivity index (χ0n) is 21.7. The normalized spacial score (nSPS) is 13.2. The molecule has 0 aliphatic heterocycles. The summed E-state index contributed by atoms with van der Waals surface area (Å²) in [5.74, 6) is 1.63. The molecular formula is C21H48N2NiO2PSi2+. The molecule has 8 heteroatoms. The summed E-state index contributed by atoms with van der Waals surface area (Å²) in [5.41, 5.74) is 0. The molecule has 0 rings (SSSR count). The van der Waals surface area contributed by atoms with E-state index in [1.807, 2.05) is 0 Å². The first-order valence-corrected chi connectivity index (χ1v) is 18.8. The van der Waals surface area contributed by atoms with Gasteiger partial charge < -0.3 is 14.4 Å². The molecule has 0 fully saturated rings. The molecule has 0 aromatic rings. The summed E-state index contributed by atoms with van der Waals surface area (Å²) in [7, 11) is -2.17. The molecule has 0 spiro atoms. The minimum atomic E-state index is -1.47. The van der Waals surface area contributed by atoms with Crippen molar-refractivity contribution in [3.05, 3.63) is 10.9 Å². The van der Waals surface area contributed by atoms with Crippen LogP contribution in [-0.4, -0.2) is 51.9 Å². The number of methoxy groups -OCH3 is 1. The van der Waals surface area contributed by atoms with Crippen LogP contribution < -0.4 is 0 Å². The van der Waals surface area contributed by atoms with E-state index >= 15 is 0 Å². The van der Waals surface area contributed by atoms with Crippen molar-refractivity contribution in [1.82, 2.24) is 0 Å². The molecule has 0 aromatic carbocycles. The Morgan fingerprint density at radius 2 is 1.34 bits per heavy atom. The second-order valence-electron chi connectivity index (χ2n) is 11.6. The summed E-state index contributed by atoms with van der Waals surface area (Å²) in [6.07, 6.45) is 1.12. The average molecular weight is 506 g/mol. The fourth-order valence-electron chi connectivity index (χ4n) is 2.90. The summed E-state index contributed by atoms with van der Waals surface area (Å²) in [6, 6.07) is 0. The summed E-state index contributed by atoms with van der Waals surface area (Å²) in [6.45, 7) is 31.7. The first-order chi connectivity index (χ1) is 12.1. The topological polar surface area (TPSA) is 52.8 Å². The zero-order valence-corrected chi connectivity index (χ0v) is 25.7. The van der Waals surface area contributed by atoms with Crippen molar-refractivity contribution in [3.8, 4) is 0 Å². The van der Waals surface area contributed by atoms with Gasteiger partial charge in [0.15, 0.2) is 5.97 Å². The molecule has 176 valence electrons. The Kier molecular flexibility index (Phi) is 15.0. The van der Waals surface area contributed by atoms with Crippen LogP contribution in [0.3, 0.4) is 0 Å². The fraction of sp³-hybridized carbons (Fsp3) is 0.857. The maximum absolute atomic E-state index is 10.3. The van der Waals surface area contributed by atoms with E-state index in [0.717, 1.165) is 6.16 Å². The third kappa shape index (κ3) is 18.6. The predicted octanol–water partition coefficient (Wildman–Crippen LogP) is 7.01. The molecule has 0 N–H and O–H groups in total. The van der Waals surface area contributed by atoms with Crippen LogP contribution in [0, 0.1) is 5.92 Å². The van der Waals surface area contributed by atoms with Crippen LogP contribution in [-0.2, 0) is 26.0 Å². The zero-order chi connectivity index (χ0) is 23.1. The Morgan fingerprint density at radius 3 is 1.52 bits per heavy atom. The van der Waals surface area contributed by atoms with Gasteiger partial charge in [-0.3, -0.25) is 10.7 Å². The van der Waals surface area contributed by atoms with E-state index in [2.05, 4.69) is 85.6 Å². The van der Waals surface area contributed by atoms with Crippen LogP contribution in [0.5, 0.6) is 0 Å². The van der Waals surface area contributed by atoms with Gasteiger partial charge >= 0.3 is 16.5 Å². The number of carbonyl (C=O) groups excluding carboxylic acids is 1. The van der Waals surface area contributed by atoms with Gasteiger partial charge in [-0.05, 0) is 41.5 Å². The van der Waals surface area contributed by atoms with E-state index in [4.69, 9.17) is 9.64 Å². The van der Waals surface area contributed by atoms with Crippen LogP contribution in [0.1, 0.15) is 55.4 Å². The molecule has 29 heavy (non-hydrogen) atoms. The van der Waals surface area contributed by atoms with Gasteiger partial charge in [0.1, 0.15) is 0 Å². The minimum absolute atomic E-state index is 0. The average Bonchev–Trinajstić information content (AvgIpc) is 2.38. The largest absolute Gasteiger partial charge is 2.00 e. The molecule has 0 amide bonds. The van der Waals surface area contributed by atoms with E-state index in [-0.39, 0.29) is 22.5 Å². The molecule has 0 aliphatic carbocycles. The first kappa shape index (κ1) is 33.8.